The highest BCUT2D eigenvalue weighted by Gasteiger charge is 2.31. The zero-order valence-electron chi connectivity index (χ0n) is 18.0. The van der Waals surface area contributed by atoms with Crippen molar-refractivity contribution in [3.63, 3.8) is 0 Å². The SMILES string of the molecule is C=C1c2ccccc2C(=O)c2c(Nc3ccc(Nc4nc(=O)[nH]c(=O)[nH]4)cc3S)cc(S)c(N)c21. The van der Waals surface area contributed by atoms with Gasteiger partial charge in [0.25, 0.3) is 0 Å². The van der Waals surface area contributed by atoms with Gasteiger partial charge in [0.15, 0.2) is 5.78 Å². The zero-order valence-corrected chi connectivity index (χ0v) is 19.8. The van der Waals surface area contributed by atoms with Gasteiger partial charge in [-0.3, -0.25) is 14.8 Å². The molecule has 11 heteroatoms. The fraction of sp³-hybridized carbons (Fsp3) is 0. The van der Waals surface area contributed by atoms with Crippen molar-refractivity contribution in [1.29, 1.82) is 0 Å². The van der Waals surface area contributed by atoms with Crippen molar-refractivity contribution in [2.24, 2.45) is 0 Å². The molecule has 1 aliphatic carbocycles. The molecule has 0 amide bonds. The van der Waals surface area contributed by atoms with E-state index in [1.165, 1.54) is 0 Å². The number of thiol groups is 2. The molecule has 0 spiro atoms. The number of H-pyrrole nitrogens is 2. The average Bonchev–Trinajstić information content (AvgIpc) is 2.80. The summed E-state index contributed by atoms with van der Waals surface area (Å²) in [5.41, 5.74) is 9.78. The van der Waals surface area contributed by atoms with E-state index in [9.17, 15) is 14.4 Å². The maximum Gasteiger partial charge on any atom is 0.352 e. The summed E-state index contributed by atoms with van der Waals surface area (Å²) in [6, 6.07) is 14.1. The number of benzene rings is 3. The number of nitrogens with one attached hydrogen (secondary N) is 4. The van der Waals surface area contributed by atoms with E-state index in [2.05, 4.69) is 52.4 Å². The van der Waals surface area contributed by atoms with Crippen LogP contribution in [-0.2, 0) is 0 Å². The first-order valence-corrected chi connectivity index (χ1v) is 11.2. The Hall–Kier alpha value is -4.22. The van der Waals surface area contributed by atoms with Gasteiger partial charge in [0.2, 0.25) is 5.95 Å². The summed E-state index contributed by atoms with van der Waals surface area (Å²) < 4.78 is 0. The molecule has 1 aromatic heterocycles. The van der Waals surface area contributed by atoms with E-state index in [4.69, 9.17) is 5.73 Å². The van der Waals surface area contributed by atoms with E-state index < -0.39 is 11.4 Å². The van der Waals surface area contributed by atoms with Crippen LogP contribution in [0.4, 0.5) is 28.7 Å². The van der Waals surface area contributed by atoms with Gasteiger partial charge in [0.1, 0.15) is 0 Å². The monoisotopic (exact) mass is 502 g/mol. The van der Waals surface area contributed by atoms with Crippen LogP contribution in [0, 0.1) is 0 Å². The van der Waals surface area contributed by atoms with Crippen LogP contribution in [0.5, 0.6) is 0 Å². The van der Waals surface area contributed by atoms with E-state index in [1.54, 1.807) is 36.4 Å². The molecule has 0 bridgehead atoms. The average molecular weight is 503 g/mol. The Morgan fingerprint density at radius 2 is 1.60 bits per heavy atom. The first-order valence-electron chi connectivity index (χ1n) is 10.3. The molecule has 6 N–H and O–H groups in total. The lowest BCUT2D eigenvalue weighted by Gasteiger charge is -2.26. The number of carbonyl (C=O) groups is 1. The van der Waals surface area contributed by atoms with E-state index in [1.807, 2.05) is 17.1 Å². The molecule has 0 radical (unpaired) electrons. The molecule has 0 saturated carbocycles. The van der Waals surface area contributed by atoms with Crippen molar-refractivity contribution in [2.45, 2.75) is 9.79 Å². The van der Waals surface area contributed by atoms with Crippen LogP contribution in [0.25, 0.3) is 5.57 Å². The number of nitrogens with two attached hydrogens (primary N) is 1. The molecular weight excluding hydrogens is 484 g/mol. The quantitative estimate of drug-likeness (QED) is 0.146. The van der Waals surface area contributed by atoms with Crippen molar-refractivity contribution in [1.82, 2.24) is 15.0 Å². The lowest BCUT2D eigenvalue weighted by Crippen LogP contribution is -2.25. The third-order valence-corrected chi connectivity index (χ3v) is 6.31. The number of anilines is 5. The molecule has 0 atom stereocenters. The number of fused-ring (bicyclic) bond motifs is 2. The number of aromatic amines is 2. The van der Waals surface area contributed by atoms with Crippen LogP contribution >= 0.6 is 25.3 Å². The molecule has 5 rings (SSSR count). The highest BCUT2D eigenvalue weighted by atomic mass is 32.1. The summed E-state index contributed by atoms with van der Waals surface area (Å²) in [7, 11) is 0. The van der Waals surface area contributed by atoms with Gasteiger partial charge in [-0.05, 0) is 35.4 Å². The molecular formula is C24H18N6O3S2. The summed E-state index contributed by atoms with van der Waals surface area (Å²) in [6.07, 6.45) is 0. The van der Waals surface area contributed by atoms with Crippen LogP contribution in [-0.4, -0.2) is 20.7 Å². The number of nitrogens with zero attached hydrogens (tertiary/aromatic N) is 1. The minimum Gasteiger partial charge on any atom is -0.397 e. The highest BCUT2D eigenvalue weighted by molar-refractivity contribution is 7.80. The fourth-order valence-electron chi connectivity index (χ4n) is 3.99. The topological polar surface area (TPSA) is 146 Å². The van der Waals surface area contributed by atoms with Crippen LogP contribution < -0.4 is 27.7 Å². The van der Waals surface area contributed by atoms with Gasteiger partial charge in [-0.15, -0.1) is 25.3 Å². The molecule has 174 valence electrons. The van der Waals surface area contributed by atoms with Crippen LogP contribution in [0.1, 0.15) is 27.0 Å². The van der Waals surface area contributed by atoms with Crippen molar-refractivity contribution >= 4 is 65.3 Å². The number of rotatable bonds is 4. The Balaban J connectivity index is 1.53. The van der Waals surface area contributed by atoms with Crippen molar-refractivity contribution in [3.8, 4) is 0 Å². The lowest BCUT2D eigenvalue weighted by molar-refractivity contribution is 0.103. The van der Waals surface area contributed by atoms with Crippen LogP contribution in [0.3, 0.4) is 0 Å². The van der Waals surface area contributed by atoms with E-state index in [0.717, 1.165) is 5.56 Å². The Morgan fingerprint density at radius 1 is 0.857 bits per heavy atom. The highest BCUT2D eigenvalue weighted by Crippen LogP contribution is 2.44. The summed E-state index contributed by atoms with van der Waals surface area (Å²) in [5.74, 6) is -0.184. The van der Waals surface area contributed by atoms with Gasteiger partial charge in [-0.1, -0.05) is 30.8 Å². The van der Waals surface area contributed by atoms with Gasteiger partial charge in [-0.2, -0.15) is 4.98 Å². The molecule has 4 aromatic rings. The maximum atomic E-state index is 13.5. The van der Waals surface area contributed by atoms with Gasteiger partial charge < -0.3 is 16.4 Å². The van der Waals surface area contributed by atoms with E-state index in [0.29, 0.717) is 54.8 Å². The third-order valence-electron chi connectivity index (χ3n) is 5.57. The molecule has 0 fully saturated rings. The minimum absolute atomic E-state index is 0.0118. The van der Waals surface area contributed by atoms with Crippen molar-refractivity contribution < 1.29 is 4.79 Å². The van der Waals surface area contributed by atoms with E-state index in [-0.39, 0.29) is 11.7 Å². The van der Waals surface area contributed by atoms with E-state index >= 15 is 0 Å². The number of ketones is 1. The number of hydrogen-bond acceptors (Lipinski definition) is 9. The minimum atomic E-state index is -0.774. The number of aromatic nitrogens is 3. The summed E-state index contributed by atoms with van der Waals surface area (Å²) in [4.78, 5) is 45.4. The van der Waals surface area contributed by atoms with Gasteiger partial charge in [0.05, 0.1) is 22.6 Å². The van der Waals surface area contributed by atoms with Crippen molar-refractivity contribution in [2.75, 3.05) is 16.4 Å². The first-order chi connectivity index (χ1) is 16.7. The standard InChI is InChI=1S/C24H18N6O3S2/c1-10-12-4-2-3-5-13(12)21(31)19-15(9-17(35)20(25)18(10)19)27-14-7-6-11(8-16(14)34)26-22-28-23(32)30-24(33)29-22/h2-9,27,34-35H,1,25H2,(H3,26,28,29,30,32,33). The summed E-state index contributed by atoms with van der Waals surface area (Å²) in [6.45, 7) is 4.19. The normalized spacial score (nSPS) is 12.2. The smallest absolute Gasteiger partial charge is 0.352 e. The largest absolute Gasteiger partial charge is 0.397 e. The second kappa shape index (κ2) is 8.53. The Labute approximate surface area is 209 Å². The molecule has 1 aliphatic rings. The Morgan fingerprint density at radius 3 is 2.31 bits per heavy atom. The summed E-state index contributed by atoms with van der Waals surface area (Å²) in [5, 5.41) is 6.11. The third kappa shape index (κ3) is 4.00. The number of carbonyl (C=O) groups excluding carboxylic acids is 1. The second-order valence-corrected chi connectivity index (χ2v) is 8.75. The molecule has 0 unspecified atom stereocenters. The lowest BCUT2D eigenvalue weighted by atomic mass is 9.80. The fourth-order valence-corrected chi connectivity index (χ4v) is 4.51. The summed E-state index contributed by atoms with van der Waals surface area (Å²) >= 11 is 9.07. The molecule has 0 aliphatic heterocycles. The Kier molecular flexibility index (Phi) is 5.50. The van der Waals surface area contributed by atoms with Crippen LogP contribution in [0.15, 0.2) is 74.5 Å². The molecule has 9 nitrogen and oxygen atoms in total. The number of nitrogen functional groups attached to an aromatic ring is 1. The van der Waals surface area contributed by atoms with Gasteiger partial charge >= 0.3 is 11.4 Å². The molecule has 1 heterocycles. The molecule has 3 aromatic carbocycles. The first kappa shape index (κ1) is 22.6. The van der Waals surface area contributed by atoms with Crippen LogP contribution in [0.2, 0.25) is 0 Å². The second-order valence-electron chi connectivity index (χ2n) is 7.79. The van der Waals surface area contributed by atoms with Gasteiger partial charge in [0, 0.05) is 26.6 Å². The van der Waals surface area contributed by atoms with Gasteiger partial charge in [-0.25, -0.2) is 9.59 Å². The molecule has 35 heavy (non-hydrogen) atoms. The zero-order chi connectivity index (χ0) is 24.9. The Bertz CT molecular complexity index is 1650. The predicted molar refractivity (Wildman–Crippen MR) is 142 cm³/mol. The maximum absolute atomic E-state index is 13.5. The predicted octanol–water partition coefficient (Wildman–Crippen LogP) is 3.71. The van der Waals surface area contributed by atoms with Crippen molar-refractivity contribution in [3.05, 3.63) is 98.3 Å². The number of hydrogen-bond donors (Lipinski definition) is 7. The molecule has 0 saturated heterocycles.